The number of nitrogens with one attached hydrogen (secondary N) is 2. The van der Waals surface area contributed by atoms with E-state index >= 15 is 0 Å². The molecule has 0 aliphatic carbocycles. The van der Waals surface area contributed by atoms with E-state index in [9.17, 15) is 8.78 Å². The van der Waals surface area contributed by atoms with Crippen LogP contribution in [0.1, 0.15) is 13.8 Å². The minimum atomic E-state index is -0.670. The SMILES string of the molecule is CC(C)N1CCOc2c(F)cc(-c3nc(Nc4nc5ccc(N6CCNCC6)cc5o4)ncc3F)cc21. The molecule has 37 heavy (non-hydrogen) atoms. The van der Waals surface area contributed by atoms with E-state index in [-0.39, 0.29) is 35.0 Å². The molecule has 0 spiro atoms. The Labute approximate surface area is 212 Å². The van der Waals surface area contributed by atoms with Crippen LogP contribution in [0.5, 0.6) is 5.75 Å². The normalized spacial score (nSPS) is 15.7. The lowest BCUT2D eigenvalue weighted by atomic mass is 10.1. The molecule has 6 rings (SSSR count). The highest BCUT2D eigenvalue weighted by Gasteiger charge is 2.26. The highest BCUT2D eigenvalue weighted by atomic mass is 19.1. The van der Waals surface area contributed by atoms with Crippen molar-refractivity contribution in [2.24, 2.45) is 0 Å². The number of rotatable bonds is 5. The molecule has 2 aromatic heterocycles. The van der Waals surface area contributed by atoms with Gasteiger partial charge in [0.15, 0.2) is 23.0 Å². The lowest BCUT2D eigenvalue weighted by Gasteiger charge is -2.34. The number of oxazole rings is 1. The topological polar surface area (TPSA) is 91.6 Å². The maximum Gasteiger partial charge on any atom is 0.302 e. The van der Waals surface area contributed by atoms with Crippen LogP contribution in [0.2, 0.25) is 0 Å². The van der Waals surface area contributed by atoms with Crippen LogP contribution in [0.25, 0.3) is 22.4 Å². The Morgan fingerprint density at radius 2 is 1.86 bits per heavy atom. The van der Waals surface area contributed by atoms with Gasteiger partial charge < -0.3 is 24.3 Å². The molecule has 0 amide bonds. The summed E-state index contributed by atoms with van der Waals surface area (Å²) in [6, 6.07) is 9.10. The summed E-state index contributed by atoms with van der Waals surface area (Å²) < 4.78 is 41.2. The van der Waals surface area contributed by atoms with Gasteiger partial charge in [0.05, 0.1) is 18.4 Å². The standard InChI is InChI=1S/C26H27F2N7O2/c1-15(2)35-9-10-36-24-18(27)11-16(12-21(24)35)23-19(28)14-30-25(32-23)33-26-31-20-4-3-17(13-22(20)37-26)34-7-5-29-6-8-34/h3-4,11-15,29H,5-10H2,1-2H3,(H,30,31,32,33). The predicted octanol–water partition coefficient (Wildman–Crippen LogP) is 4.32. The third-order valence-corrected chi connectivity index (χ3v) is 6.63. The first kappa shape index (κ1) is 23.4. The Hall–Kier alpha value is -3.99. The van der Waals surface area contributed by atoms with E-state index in [4.69, 9.17) is 9.15 Å². The average Bonchev–Trinajstić information content (AvgIpc) is 3.31. The minimum absolute atomic E-state index is 0.0365. The summed E-state index contributed by atoms with van der Waals surface area (Å²) in [5, 5.41) is 6.26. The second-order valence-electron chi connectivity index (χ2n) is 9.37. The molecular weight excluding hydrogens is 480 g/mol. The third kappa shape index (κ3) is 4.50. The number of halogens is 2. The number of ether oxygens (including phenoxy) is 1. The van der Waals surface area contributed by atoms with Gasteiger partial charge in [-0.3, -0.25) is 5.32 Å². The number of fused-ring (bicyclic) bond motifs is 2. The van der Waals surface area contributed by atoms with Crippen LogP contribution in [0.15, 0.2) is 40.9 Å². The molecule has 1 saturated heterocycles. The van der Waals surface area contributed by atoms with Crippen LogP contribution in [0.4, 0.5) is 32.1 Å². The summed E-state index contributed by atoms with van der Waals surface area (Å²) in [7, 11) is 0. The summed E-state index contributed by atoms with van der Waals surface area (Å²) in [5.41, 5.74) is 3.17. The van der Waals surface area contributed by atoms with Crippen molar-refractivity contribution in [3.63, 3.8) is 0 Å². The molecule has 2 aliphatic heterocycles. The molecule has 11 heteroatoms. The lowest BCUT2D eigenvalue weighted by Crippen LogP contribution is -2.43. The molecule has 4 heterocycles. The van der Waals surface area contributed by atoms with Crippen LogP contribution in [0, 0.1) is 11.6 Å². The predicted molar refractivity (Wildman–Crippen MR) is 138 cm³/mol. The fraction of sp³-hybridized carbons (Fsp3) is 0.346. The van der Waals surface area contributed by atoms with Gasteiger partial charge in [-0.15, -0.1) is 0 Å². The van der Waals surface area contributed by atoms with Gasteiger partial charge in [-0.2, -0.15) is 4.98 Å². The van der Waals surface area contributed by atoms with Crippen LogP contribution in [0.3, 0.4) is 0 Å². The molecule has 0 atom stereocenters. The van der Waals surface area contributed by atoms with E-state index in [1.807, 2.05) is 36.9 Å². The second kappa shape index (κ2) is 9.47. The van der Waals surface area contributed by atoms with Crippen molar-refractivity contribution < 1.29 is 17.9 Å². The van der Waals surface area contributed by atoms with Gasteiger partial charge in [-0.1, -0.05) is 0 Å². The largest absolute Gasteiger partial charge is 0.486 e. The molecule has 192 valence electrons. The molecule has 2 N–H and O–H groups in total. The molecule has 0 bridgehead atoms. The van der Waals surface area contributed by atoms with Crippen molar-refractivity contribution in [3.8, 4) is 17.0 Å². The van der Waals surface area contributed by atoms with Crippen molar-refractivity contribution in [1.29, 1.82) is 0 Å². The highest BCUT2D eigenvalue weighted by Crippen LogP contribution is 2.39. The third-order valence-electron chi connectivity index (χ3n) is 6.63. The van der Waals surface area contributed by atoms with Gasteiger partial charge in [-0.05, 0) is 38.1 Å². The number of piperazine rings is 1. The number of hydrogen-bond donors (Lipinski definition) is 2. The molecule has 4 aromatic rings. The first-order chi connectivity index (χ1) is 18.0. The van der Waals surface area contributed by atoms with Crippen LogP contribution < -0.4 is 25.2 Å². The number of nitrogens with zero attached hydrogens (tertiary/aromatic N) is 5. The summed E-state index contributed by atoms with van der Waals surface area (Å²) >= 11 is 0. The van der Waals surface area contributed by atoms with Gasteiger partial charge in [0.2, 0.25) is 5.95 Å². The zero-order chi connectivity index (χ0) is 25.5. The Balaban J connectivity index is 1.30. The molecule has 0 saturated carbocycles. The summed E-state index contributed by atoms with van der Waals surface area (Å²) in [4.78, 5) is 17.1. The minimum Gasteiger partial charge on any atom is -0.486 e. The maximum atomic E-state index is 15.0. The van der Waals surface area contributed by atoms with E-state index in [2.05, 4.69) is 30.5 Å². The van der Waals surface area contributed by atoms with E-state index in [0.29, 0.717) is 29.9 Å². The number of benzene rings is 2. The van der Waals surface area contributed by atoms with Crippen molar-refractivity contribution in [3.05, 3.63) is 48.2 Å². The van der Waals surface area contributed by atoms with Gasteiger partial charge in [-0.25, -0.2) is 18.7 Å². The molecule has 2 aliphatic rings. The maximum absolute atomic E-state index is 15.0. The van der Waals surface area contributed by atoms with E-state index in [1.165, 1.54) is 6.07 Å². The van der Waals surface area contributed by atoms with E-state index in [1.54, 1.807) is 6.07 Å². The Morgan fingerprint density at radius 1 is 1.03 bits per heavy atom. The Kier molecular flexibility index (Phi) is 5.99. The number of anilines is 4. The van der Waals surface area contributed by atoms with Crippen molar-refractivity contribution >= 4 is 34.4 Å². The summed E-state index contributed by atoms with van der Waals surface area (Å²) in [6.07, 6.45) is 1.05. The smallest absolute Gasteiger partial charge is 0.302 e. The van der Waals surface area contributed by atoms with Gasteiger partial charge >= 0.3 is 6.01 Å². The summed E-state index contributed by atoms with van der Waals surface area (Å²) in [6.45, 7) is 8.73. The van der Waals surface area contributed by atoms with E-state index in [0.717, 1.165) is 38.1 Å². The first-order valence-corrected chi connectivity index (χ1v) is 12.4. The summed E-state index contributed by atoms with van der Waals surface area (Å²) in [5.74, 6) is -0.982. The molecular formula is C26H27F2N7O2. The fourth-order valence-electron chi connectivity index (χ4n) is 4.79. The number of aromatic nitrogens is 3. The fourth-order valence-corrected chi connectivity index (χ4v) is 4.79. The highest BCUT2D eigenvalue weighted by molar-refractivity contribution is 5.79. The molecule has 0 unspecified atom stereocenters. The van der Waals surface area contributed by atoms with Gasteiger partial charge in [0.1, 0.15) is 17.8 Å². The monoisotopic (exact) mass is 507 g/mol. The van der Waals surface area contributed by atoms with Crippen LogP contribution in [-0.2, 0) is 0 Å². The first-order valence-electron chi connectivity index (χ1n) is 12.4. The molecule has 0 radical (unpaired) electrons. The second-order valence-corrected chi connectivity index (χ2v) is 9.37. The zero-order valence-corrected chi connectivity index (χ0v) is 20.6. The quantitative estimate of drug-likeness (QED) is 0.410. The number of hydrogen-bond acceptors (Lipinski definition) is 9. The van der Waals surface area contributed by atoms with Gasteiger partial charge in [0, 0.05) is 49.5 Å². The Bertz CT molecular complexity index is 1450. The Morgan fingerprint density at radius 3 is 2.68 bits per heavy atom. The van der Waals surface area contributed by atoms with Crippen molar-refractivity contribution in [1.82, 2.24) is 20.3 Å². The van der Waals surface area contributed by atoms with E-state index < -0.39 is 11.6 Å². The van der Waals surface area contributed by atoms with Crippen LogP contribution >= 0.6 is 0 Å². The average molecular weight is 508 g/mol. The molecule has 2 aromatic carbocycles. The lowest BCUT2D eigenvalue weighted by molar-refractivity contribution is 0.287. The van der Waals surface area contributed by atoms with Crippen molar-refractivity contribution in [2.45, 2.75) is 19.9 Å². The zero-order valence-electron chi connectivity index (χ0n) is 20.6. The van der Waals surface area contributed by atoms with Crippen molar-refractivity contribution in [2.75, 3.05) is 54.4 Å². The molecule has 9 nitrogen and oxygen atoms in total. The molecule has 1 fully saturated rings. The van der Waals surface area contributed by atoms with Crippen LogP contribution in [-0.4, -0.2) is 60.3 Å². The van der Waals surface area contributed by atoms with Gasteiger partial charge in [0.25, 0.3) is 0 Å².